The van der Waals surface area contributed by atoms with Gasteiger partial charge in [0.1, 0.15) is 0 Å². The molecule has 4 heterocycles. The molecule has 1 N–H and O–H groups in total. The monoisotopic (exact) mass is 561 g/mol. The number of rotatable bonds is 5. The van der Waals surface area contributed by atoms with Crippen molar-refractivity contribution in [3.8, 4) is 0 Å². The van der Waals surface area contributed by atoms with Crippen molar-refractivity contribution in [2.24, 2.45) is 11.8 Å². The van der Waals surface area contributed by atoms with E-state index in [9.17, 15) is 0 Å². The number of halogens is 1. The molecular formula is C32H40ClN5S. The molecule has 7 heteroatoms. The van der Waals surface area contributed by atoms with Gasteiger partial charge in [-0.1, -0.05) is 44.4 Å². The van der Waals surface area contributed by atoms with Gasteiger partial charge in [0.2, 0.25) is 0 Å². The van der Waals surface area contributed by atoms with Crippen LogP contribution in [0.3, 0.4) is 0 Å². The summed E-state index contributed by atoms with van der Waals surface area (Å²) in [5.41, 5.74) is 7.11. The molecule has 3 fully saturated rings. The molecule has 6 rings (SSSR count). The maximum Gasteiger partial charge on any atom is 0.174 e. The number of benzene rings is 1. The summed E-state index contributed by atoms with van der Waals surface area (Å²) in [6.07, 6.45) is 8.29. The summed E-state index contributed by atoms with van der Waals surface area (Å²) in [5.74, 6) is 1.33. The summed E-state index contributed by atoms with van der Waals surface area (Å²) < 4.78 is 2.58. The minimum Gasteiger partial charge on any atom is -0.370 e. The highest BCUT2D eigenvalue weighted by Crippen LogP contribution is 2.46. The fraction of sp³-hybridized carbons (Fsp3) is 0.500. The van der Waals surface area contributed by atoms with Crippen LogP contribution in [-0.4, -0.2) is 27.8 Å². The van der Waals surface area contributed by atoms with Gasteiger partial charge < -0.3 is 19.7 Å². The number of nitrogens with zero attached hydrogens (tertiary/aromatic N) is 4. The number of aryl methyl sites for hydroxylation is 1. The molecular weight excluding hydrogens is 522 g/mol. The zero-order valence-electron chi connectivity index (χ0n) is 23.5. The maximum absolute atomic E-state index is 7.03. The number of pyridine rings is 1. The van der Waals surface area contributed by atoms with Crippen LogP contribution in [0.2, 0.25) is 5.02 Å². The van der Waals surface area contributed by atoms with Crippen LogP contribution < -0.4 is 15.1 Å². The van der Waals surface area contributed by atoms with Gasteiger partial charge in [0.05, 0.1) is 28.5 Å². The van der Waals surface area contributed by atoms with Gasteiger partial charge in [-0.3, -0.25) is 4.98 Å². The van der Waals surface area contributed by atoms with E-state index in [2.05, 4.69) is 83.8 Å². The number of hydrogen-bond acceptors (Lipinski definition) is 3. The predicted molar refractivity (Wildman–Crippen MR) is 166 cm³/mol. The van der Waals surface area contributed by atoms with Crippen LogP contribution in [0.1, 0.15) is 86.7 Å². The molecule has 0 amide bonds. The Balaban J connectivity index is 1.41. The van der Waals surface area contributed by atoms with E-state index >= 15 is 0 Å². The molecule has 39 heavy (non-hydrogen) atoms. The van der Waals surface area contributed by atoms with Gasteiger partial charge in [-0.15, -0.1) is 0 Å². The standard InChI is InChI=1S/C32H40ClN5S/c1-20-15-21(2)19-36(18-20)29-13-12-25(17-27(29)33)38-31(30(35-32(38)39)28-11-7-8-14-34-28)26-16-22(3)37(23(26)4)24-9-5-6-10-24/h7-8,11-14,16-17,20-21,24,30-31H,5-6,9-10,15,18-19H2,1-4H3,(H,35,39). The van der Waals surface area contributed by atoms with E-state index in [0.717, 1.165) is 35.2 Å². The summed E-state index contributed by atoms with van der Waals surface area (Å²) in [4.78, 5) is 9.48. The first-order chi connectivity index (χ1) is 18.8. The van der Waals surface area contributed by atoms with E-state index in [4.69, 9.17) is 28.8 Å². The number of aromatic nitrogens is 2. The van der Waals surface area contributed by atoms with Crippen molar-refractivity contribution in [3.05, 3.63) is 76.3 Å². The first kappa shape index (κ1) is 26.6. The molecule has 3 aromatic rings. The lowest BCUT2D eigenvalue weighted by Crippen LogP contribution is -2.38. The van der Waals surface area contributed by atoms with E-state index in [1.54, 1.807) is 0 Å². The van der Waals surface area contributed by atoms with Gasteiger partial charge >= 0.3 is 0 Å². The highest BCUT2D eigenvalue weighted by Gasteiger charge is 2.43. The van der Waals surface area contributed by atoms with Gasteiger partial charge in [0.25, 0.3) is 0 Å². The molecule has 206 valence electrons. The van der Waals surface area contributed by atoms with Crippen molar-refractivity contribution >= 4 is 40.3 Å². The van der Waals surface area contributed by atoms with Crippen LogP contribution in [0.4, 0.5) is 11.4 Å². The molecule has 1 aliphatic carbocycles. The van der Waals surface area contributed by atoms with Crippen LogP contribution in [0.15, 0.2) is 48.7 Å². The molecule has 0 spiro atoms. The lowest BCUT2D eigenvalue weighted by atomic mass is 9.91. The molecule has 0 radical (unpaired) electrons. The molecule has 3 aliphatic rings. The van der Waals surface area contributed by atoms with Crippen LogP contribution in [0.25, 0.3) is 0 Å². The van der Waals surface area contributed by atoms with Crippen LogP contribution in [-0.2, 0) is 0 Å². The topological polar surface area (TPSA) is 36.3 Å². The molecule has 4 unspecified atom stereocenters. The quantitative estimate of drug-likeness (QED) is 0.320. The maximum atomic E-state index is 7.03. The van der Waals surface area contributed by atoms with Crippen molar-refractivity contribution in [2.75, 3.05) is 22.9 Å². The van der Waals surface area contributed by atoms with Crippen molar-refractivity contribution in [1.82, 2.24) is 14.9 Å². The second kappa shape index (κ2) is 10.8. The van der Waals surface area contributed by atoms with Gasteiger partial charge in [-0.25, -0.2) is 0 Å². The Kier molecular flexibility index (Phi) is 7.36. The van der Waals surface area contributed by atoms with E-state index in [1.807, 2.05) is 12.3 Å². The SMILES string of the molecule is Cc1cc(C2C(c3ccccn3)NC(=S)N2c2ccc(N3CC(C)CC(C)C3)c(Cl)c2)c(C)n1C1CCCC1. The fourth-order valence-corrected chi connectivity index (χ4v) is 8.18. The highest BCUT2D eigenvalue weighted by atomic mass is 35.5. The number of hydrogen-bond donors (Lipinski definition) is 1. The summed E-state index contributed by atoms with van der Waals surface area (Å²) in [5, 5.41) is 5.13. The van der Waals surface area contributed by atoms with E-state index in [0.29, 0.717) is 23.0 Å². The Morgan fingerprint density at radius 2 is 1.74 bits per heavy atom. The van der Waals surface area contributed by atoms with E-state index < -0.39 is 0 Å². The van der Waals surface area contributed by atoms with Crippen LogP contribution in [0.5, 0.6) is 0 Å². The van der Waals surface area contributed by atoms with Crippen molar-refractivity contribution < 1.29 is 0 Å². The Labute approximate surface area is 243 Å². The number of nitrogens with one attached hydrogen (secondary N) is 1. The normalized spacial score (nSPS) is 25.9. The highest BCUT2D eigenvalue weighted by molar-refractivity contribution is 7.80. The minimum absolute atomic E-state index is 0.0225. The van der Waals surface area contributed by atoms with Gasteiger partial charge in [-0.2, -0.15) is 0 Å². The number of piperidine rings is 1. The van der Waals surface area contributed by atoms with Gasteiger partial charge in [0, 0.05) is 42.4 Å². The molecule has 1 saturated carbocycles. The Morgan fingerprint density at radius 3 is 2.41 bits per heavy atom. The third-order valence-electron chi connectivity index (χ3n) is 9.05. The summed E-state index contributed by atoms with van der Waals surface area (Å²) in [6, 6.07) is 15.5. The number of thiocarbonyl (C=S) groups is 1. The largest absolute Gasteiger partial charge is 0.370 e. The Morgan fingerprint density at radius 1 is 1.00 bits per heavy atom. The predicted octanol–water partition coefficient (Wildman–Crippen LogP) is 7.93. The van der Waals surface area contributed by atoms with Crippen LogP contribution >= 0.6 is 23.8 Å². The molecule has 5 nitrogen and oxygen atoms in total. The zero-order valence-corrected chi connectivity index (χ0v) is 25.1. The first-order valence-corrected chi connectivity index (χ1v) is 15.3. The van der Waals surface area contributed by atoms with Crippen LogP contribution in [0, 0.1) is 25.7 Å². The first-order valence-electron chi connectivity index (χ1n) is 14.5. The third kappa shape index (κ3) is 4.95. The Bertz CT molecular complexity index is 1340. The molecule has 0 bridgehead atoms. The minimum atomic E-state index is -0.0570. The lowest BCUT2D eigenvalue weighted by molar-refractivity contribution is 0.357. The summed E-state index contributed by atoms with van der Waals surface area (Å²) in [6.45, 7) is 11.3. The average Bonchev–Trinajstić information content (AvgIpc) is 3.61. The fourth-order valence-electron chi connectivity index (χ4n) is 7.54. The van der Waals surface area contributed by atoms with Crippen molar-refractivity contribution in [2.45, 2.75) is 77.9 Å². The van der Waals surface area contributed by atoms with Crippen molar-refractivity contribution in [3.63, 3.8) is 0 Å². The van der Waals surface area contributed by atoms with Gasteiger partial charge in [0.15, 0.2) is 5.11 Å². The van der Waals surface area contributed by atoms with Gasteiger partial charge in [-0.05, 0) is 99.1 Å². The third-order valence-corrected chi connectivity index (χ3v) is 9.67. The van der Waals surface area contributed by atoms with E-state index in [-0.39, 0.29) is 12.1 Å². The average molecular weight is 562 g/mol. The van der Waals surface area contributed by atoms with Crippen molar-refractivity contribution in [1.29, 1.82) is 0 Å². The summed E-state index contributed by atoms with van der Waals surface area (Å²) >= 11 is 13.1. The second-order valence-electron chi connectivity index (χ2n) is 12.1. The van der Waals surface area contributed by atoms with E-state index in [1.165, 1.54) is 49.1 Å². The smallest absolute Gasteiger partial charge is 0.174 e. The lowest BCUT2D eigenvalue weighted by Gasteiger charge is -2.37. The molecule has 4 atom stereocenters. The molecule has 2 aliphatic heterocycles. The molecule has 2 aromatic heterocycles. The second-order valence-corrected chi connectivity index (χ2v) is 12.9. The molecule has 1 aromatic carbocycles. The molecule has 2 saturated heterocycles. The zero-order chi connectivity index (χ0) is 27.3. The Hall–Kier alpha value is -2.57. The number of anilines is 2. The summed E-state index contributed by atoms with van der Waals surface area (Å²) in [7, 11) is 0.